The van der Waals surface area contributed by atoms with E-state index < -0.39 is 0 Å². The number of benzene rings is 7. The van der Waals surface area contributed by atoms with Gasteiger partial charge in [0.25, 0.3) is 0 Å². The maximum absolute atomic E-state index is 12.9. The van der Waals surface area contributed by atoms with Crippen molar-refractivity contribution in [2.75, 3.05) is 56.2 Å². The Kier molecular flexibility index (Phi) is 26.1. The quantitative estimate of drug-likeness (QED) is 0.0477. The molecule has 1 N–H and O–H groups in total. The van der Waals surface area contributed by atoms with Gasteiger partial charge in [-0.25, -0.2) is 9.79 Å². The normalized spacial score (nSPS) is 19.6. The Morgan fingerprint density at radius 2 is 1.26 bits per heavy atom. The number of halogens is 3. The highest BCUT2D eigenvalue weighted by Crippen LogP contribution is 2.57. The Morgan fingerprint density at radius 1 is 0.610 bits per heavy atom. The van der Waals surface area contributed by atoms with E-state index in [1.54, 1.807) is 23.8 Å². The van der Waals surface area contributed by atoms with E-state index >= 15 is 0 Å². The van der Waals surface area contributed by atoms with Crippen molar-refractivity contribution in [1.29, 1.82) is 0 Å². The maximum atomic E-state index is 12.9. The number of anilines is 2. The Bertz CT molecular complexity index is 4650. The van der Waals surface area contributed by atoms with Gasteiger partial charge in [0.1, 0.15) is 36.7 Å². The fourth-order valence-corrected chi connectivity index (χ4v) is 20.3. The SMILES string of the molecule is CCCc1cc2oc3cc(=[NH+]CC)c(C)cc-3c(-c3ccccc3C(=O)OCC)c2cc1C.CCN1/C(=C\C=C\C2=[N+](CC)c3ccccc3C23CCCCC3)C2(CCCCC2)c2ccccc21.CCN1c2ccc(/C=C/C3=[N+](CC)c4ccc(OC)cc4C34CCCCC4)cc2C2CCCC21.[Cl-].[I-].[I-]. The summed E-state index contributed by atoms with van der Waals surface area (Å²) in [5, 5.41) is 2.06. The second-order valence-corrected chi connectivity index (χ2v) is 30.3. The first-order valence-electron chi connectivity index (χ1n) is 39.7. The highest BCUT2D eigenvalue weighted by molar-refractivity contribution is 6.09. The van der Waals surface area contributed by atoms with E-state index in [4.69, 9.17) is 13.9 Å². The molecule has 10 aliphatic rings. The minimum absolute atomic E-state index is 0. The summed E-state index contributed by atoms with van der Waals surface area (Å²) in [4.78, 5) is 21.6. The molecule has 3 spiro atoms. The largest absolute Gasteiger partial charge is 1.00 e. The smallest absolute Gasteiger partial charge is 0.338 e. The molecule has 0 radical (unpaired) electrons. The summed E-state index contributed by atoms with van der Waals surface area (Å²) in [6.45, 7) is 24.9. The van der Waals surface area contributed by atoms with E-state index in [2.05, 4.69) is 219 Å². The predicted molar refractivity (Wildman–Crippen MR) is 423 cm³/mol. The molecule has 4 saturated carbocycles. The van der Waals surface area contributed by atoms with Gasteiger partial charge in [0.2, 0.25) is 16.7 Å². The molecule has 9 nitrogen and oxygen atoms in total. The number of likely N-dealkylation sites (N-methyl/N-ethyl adjacent to an activating group) is 2. The van der Waals surface area contributed by atoms with E-state index in [0.29, 0.717) is 12.2 Å². The predicted octanol–water partition coefficient (Wildman–Crippen LogP) is 11.4. The van der Waals surface area contributed by atoms with Crippen LogP contribution in [0.25, 0.3) is 39.5 Å². The summed E-state index contributed by atoms with van der Waals surface area (Å²) in [5.74, 6) is 2.20. The lowest BCUT2D eigenvalue weighted by atomic mass is 9.67. The van der Waals surface area contributed by atoms with Crippen molar-refractivity contribution < 1.29 is 93.2 Å². The molecule has 2 atom stereocenters. The fraction of sp³-hybridized carbons (Fsp3) is 0.441. The standard InChI is InChI=1S/C33H41N2.C31H39N2O.C29H31NO3.ClH.2HI/c1-3-34-28-18-9-7-16-26(28)32(22-11-5-12-23-32)30(34)20-15-21-31-33(24-13-6-14-25-33)27-17-8-10-19-29(27)35(31)4-2;1-4-32-27-11-9-10-24(27)25-20-22(12-15-28(25)32)13-17-30-31(18-7-6-8-19-31)26-21-23(34-3)14-16-29(26)33(30)5-2;1-6-11-20-16-26-23(14-18(20)4)28(21-12-9-10-13-22(21)29(31)32-8-3)24-15-19(5)25(30-7-2)17-27(24)33-26;;;/h7-10,15-21H,3-6,11-14,22-25H2,1-2H3;12-17,20-21,24,27H,4-11,18-19H2,1-3H3;9-10,12-17H,6-8,11H2,1-5H3;3*1H/q2*+1;;;;/p-2. The van der Waals surface area contributed by atoms with Gasteiger partial charge in [-0.1, -0.05) is 144 Å². The molecule has 5 aliphatic heterocycles. The minimum Gasteiger partial charge on any atom is -1.00 e. The van der Waals surface area contributed by atoms with Gasteiger partial charge in [0, 0.05) is 105 Å². The van der Waals surface area contributed by atoms with Crippen molar-refractivity contribution in [2.24, 2.45) is 0 Å². The highest BCUT2D eigenvalue weighted by atomic mass is 127. The molecular weight excluding hydrogens is 1540 g/mol. The van der Waals surface area contributed by atoms with Crippen molar-refractivity contribution in [2.45, 2.75) is 219 Å². The molecule has 4 fully saturated rings. The lowest BCUT2D eigenvalue weighted by Gasteiger charge is -2.37. The third-order valence-corrected chi connectivity index (χ3v) is 24.9. The number of rotatable bonds is 15. The summed E-state index contributed by atoms with van der Waals surface area (Å²) in [6, 6.07) is 49.4. The summed E-state index contributed by atoms with van der Waals surface area (Å²) in [5.41, 5.74) is 26.3. The Labute approximate surface area is 667 Å². The van der Waals surface area contributed by atoms with Crippen LogP contribution in [0.1, 0.15) is 231 Å². The van der Waals surface area contributed by atoms with Crippen LogP contribution in [0.2, 0.25) is 0 Å². The molecule has 0 saturated heterocycles. The van der Waals surface area contributed by atoms with Gasteiger partial charge in [-0.2, -0.15) is 9.15 Å². The first-order chi connectivity index (χ1) is 49.9. The molecule has 6 aromatic carbocycles. The van der Waals surface area contributed by atoms with Crippen LogP contribution < -0.4 is 85.2 Å². The van der Waals surface area contributed by atoms with Crippen LogP contribution in [0.4, 0.5) is 22.7 Å². The molecule has 0 bridgehead atoms. The third kappa shape index (κ3) is 14.5. The minimum atomic E-state index is -0.310. The number of para-hydroxylation sites is 2. The van der Waals surface area contributed by atoms with E-state index in [0.717, 1.165) is 108 Å². The zero-order valence-electron chi connectivity index (χ0n) is 64.2. The topological polar surface area (TPSA) is 75.1 Å². The van der Waals surface area contributed by atoms with E-state index in [-0.39, 0.29) is 82.6 Å². The van der Waals surface area contributed by atoms with Gasteiger partial charge in [-0.05, 0) is 213 Å². The fourth-order valence-electron chi connectivity index (χ4n) is 20.3. The molecule has 0 aromatic heterocycles. The average Bonchev–Trinajstić information content (AvgIpc) is 1.62. The van der Waals surface area contributed by atoms with Crippen molar-refractivity contribution >= 4 is 57.2 Å². The number of ether oxygens (including phenoxy) is 2. The van der Waals surface area contributed by atoms with Crippen LogP contribution >= 0.6 is 0 Å². The molecule has 6 aromatic rings. The highest BCUT2D eigenvalue weighted by Gasteiger charge is 2.53. The second kappa shape index (κ2) is 34.6. The summed E-state index contributed by atoms with van der Waals surface area (Å²) < 4.78 is 22.7. The number of carbonyl (C=O) groups is 1. The lowest BCUT2D eigenvalue weighted by Crippen LogP contribution is -3.00. The number of esters is 1. The van der Waals surface area contributed by atoms with Gasteiger partial charge >= 0.3 is 5.97 Å². The number of nitrogens with zero attached hydrogens (tertiary/aromatic N) is 4. The molecule has 5 aliphatic carbocycles. The average molecular weight is 1650 g/mol. The zero-order chi connectivity index (χ0) is 70.7. The number of fused-ring (bicyclic) bond motifs is 11. The first kappa shape index (κ1) is 79.2. The Balaban J connectivity index is 0.000000155. The molecule has 0 amide bonds. The van der Waals surface area contributed by atoms with E-state index in [9.17, 15) is 4.79 Å². The number of carbonyl (C=O) groups excluding carboxylic acids is 1. The van der Waals surface area contributed by atoms with Gasteiger partial charge in [0.15, 0.2) is 11.4 Å². The van der Waals surface area contributed by atoms with Crippen LogP contribution in [0.15, 0.2) is 168 Å². The molecule has 105 heavy (non-hydrogen) atoms. The zero-order valence-corrected chi connectivity index (χ0v) is 69.3. The van der Waals surface area contributed by atoms with Crippen LogP contribution in [0, 0.1) is 13.8 Å². The molecular formula is C93H112ClI2N5O4. The molecule has 5 heterocycles. The summed E-state index contributed by atoms with van der Waals surface area (Å²) >= 11 is 0. The number of methoxy groups -OCH3 is 1. The van der Waals surface area contributed by atoms with Gasteiger partial charge in [0.05, 0.1) is 36.2 Å². The number of hydrogen-bond donors (Lipinski definition) is 1. The van der Waals surface area contributed by atoms with Crippen LogP contribution in [-0.2, 0) is 27.4 Å². The molecule has 16 rings (SSSR count). The summed E-state index contributed by atoms with van der Waals surface area (Å²) in [6.07, 6.45) is 38.1. The van der Waals surface area contributed by atoms with Gasteiger partial charge < -0.3 is 84.1 Å². The third-order valence-electron chi connectivity index (χ3n) is 24.9. The van der Waals surface area contributed by atoms with Crippen molar-refractivity contribution in [3.8, 4) is 28.2 Å². The maximum Gasteiger partial charge on any atom is 0.338 e. The van der Waals surface area contributed by atoms with Crippen LogP contribution in [0.5, 0.6) is 5.75 Å². The van der Waals surface area contributed by atoms with Crippen molar-refractivity contribution in [3.63, 3.8) is 0 Å². The number of allylic oxidation sites excluding steroid dienone is 5. The molecule has 2 unspecified atom stereocenters. The first-order valence-corrected chi connectivity index (χ1v) is 39.7. The van der Waals surface area contributed by atoms with Gasteiger partial charge in [-0.3, -0.25) is 0 Å². The molecule has 12 heteroatoms. The van der Waals surface area contributed by atoms with Gasteiger partial charge in [-0.15, -0.1) is 0 Å². The number of hydrogen-bond acceptors (Lipinski definition) is 6. The lowest BCUT2D eigenvalue weighted by molar-refractivity contribution is -0.496. The van der Waals surface area contributed by atoms with Crippen LogP contribution in [-0.4, -0.2) is 79.0 Å². The Hall–Kier alpha value is -6.81. The van der Waals surface area contributed by atoms with Crippen molar-refractivity contribution in [3.05, 3.63) is 219 Å². The van der Waals surface area contributed by atoms with Crippen LogP contribution in [0.3, 0.4) is 0 Å². The second-order valence-electron chi connectivity index (χ2n) is 30.3. The van der Waals surface area contributed by atoms with E-state index in [1.165, 1.54) is 178 Å². The van der Waals surface area contributed by atoms with E-state index in [1.807, 2.05) is 31.2 Å². The number of aryl methyl sites for hydroxylation is 3. The van der Waals surface area contributed by atoms with Crippen molar-refractivity contribution in [1.82, 2.24) is 0 Å². The monoisotopic (exact) mass is 1650 g/mol. The Morgan fingerprint density at radius 3 is 1.92 bits per heavy atom. The number of nitrogens with one attached hydrogen (secondary N) is 1. The summed E-state index contributed by atoms with van der Waals surface area (Å²) in [7, 11) is 1.79. The molecule has 554 valence electrons.